The molecule has 0 spiro atoms. The first kappa shape index (κ1) is 14.9. The van der Waals surface area contributed by atoms with Crippen LogP contribution in [0.25, 0.3) is 0 Å². The number of nitrogens with zero attached hydrogens (tertiary/aromatic N) is 1. The van der Waals surface area contributed by atoms with Gasteiger partial charge in [-0.1, -0.05) is 24.3 Å². The van der Waals surface area contributed by atoms with Crippen molar-refractivity contribution in [2.24, 2.45) is 0 Å². The molecule has 2 aromatic rings. The van der Waals surface area contributed by atoms with Crippen LogP contribution in [-0.2, 0) is 0 Å². The van der Waals surface area contributed by atoms with E-state index in [1.807, 2.05) is 48.3 Å². The highest BCUT2D eigenvalue weighted by atomic mass is 16.5. The molecule has 2 aromatic carbocycles. The van der Waals surface area contributed by atoms with Crippen LogP contribution in [-0.4, -0.2) is 33.6 Å². The van der Waals surface area contributed by atoms with Gasteiger partial charge in [0.25, 0.3) is 0 Å². The lowest BCUT2D eigenvalue weighted by Gasteiger charge is -2.21. The van der Waals surface area contributed by atoms with Crippen molar-refractivity contribution < 1.29 is 14.3 Å². The van der Waals surface area contributed by atoms with Gasteiger partial charge in [0.2, 0.25) is 0 Å². The maximum atomic E-state index is 12.4. The average molecular weight is 285 g/mol. The molecule has 0 unspecified atom stereocenters. The minimum Gasteiger partial charge on any atom is -0.497 e. The van der Waals surface area contributed by atoms with E-state index in [0.29, 0.717) is 11.3 Å². The molecule has 0 atom stereocenters. The number of carbonyl (C=O) groups is 1. The predicted molar refractivity (Wildman–Crippen MR) is 83.6 cm³/mol. The van der Waals surface area contributed by atoms with Crippen molar-refractivity contribution in [2.45, 2.75) is 0 Å². The fraction of sp³-hybridized carbons (Fsp3) is 0.235. The van der Waals surface area contributed by atoms with Crippen LogP contribution in [0.4, 0.5) is 5.69 Å². The lowest BCUT2D eigenvalue weighted by molar-refractivity contribution is 0.1000. The highest BCUT2D eigenvalue weighted by molar-refractivity contribution is 5.99. The quantitative estimate of drug-likeness (QED) is 0.765. The molecule has 0 saturated carbocycles. The van der Waals surface area contributed by atoms with Gasteiger partial charge >= 0.3 is 0 Å². The Bertz CT molecular complexity index is 625. The van der Waals surface area contributed by atoms with Crippen LogP contribution in [0.15, 0.2) is 48.5 Å². The van der Waals surface area contributed by atoms with E-state index < -0.39 is 0 Å². The summed E-state index contributed by atoms with van der Waals surface area (Å²) < 4.78 is 10.5. The summed E-state index contributed by atoms with van der Waals surface area (Å²) in [5.41, 5.74) is 1.52. The average Bonchev–Trinajstić information content (AvgIpc) is 2.54. The molecule has 0 fully saturated rings. The molecule has 0 radical (unpaired) electrons. The molecule has 2 rings (SSSR count). The van der Waals surface area contributed by atoms with Crippen LogP contribution in [0.2, 0.25) is 0 Å². The first-order valence-corrected chi connectivity index (χ1v) is 6.67. The van der Waals surface area contributed by atoms with Gasteiger partial charge in [-0.05, 0) is 24.3 Å². The molecule has 21 heavy (non-hydrogen) atoms. The Morgan fingerprint density at radius 2 is 1.81 bits per heavy atom. The van der Waals surface area contributed by atoms with Crippen LogP contribution < -0.4 is 14.4 Å². The third kappa shape index (κ3) is 3.54. The van der Waals surface area contributed by atoms with Gasteiger partial charge in [0.05, 0.1) is 26.5 Å². The van der Waals surface area contributed by atoms with E-state index in [2.05, 4.69) is 0 Å². The number of anilines is 1. The molecular formula is C17H19NO3. The van der Waals surface area contributed by atoms with E-state index in [1.54, 1.807) is 26.4 Å². The zero-order valence-corrected chi connectivity index (χ0v) is 12.5. The molecule has 0 aliphatic carbocycles. The lowest BCUT2D eigenvalue weighted by Crippen LogP contribution is -2.26. The number of hydrogen-bond donors (Lipinski definition) is 0. The SMILES string of the molecule is COc1cccc(C(=O)CN(C)c2ccccc2OC)c1. The van der Waals surface area contributed by atoms with Crippen molar-refractivity contribution >= 4 is 11.5 Å². The van der Waals surface area contributed by atoms with Gasteiger partial charge in [-0.25, -0.2) is 0 Å². The summed E-state index contributed by atoms with van der Waals surface area (Å²) >= 11 is 0. The van der Waals surface area contributed by atoms with E-state index in [0.717, 1.165) is 11.4 Å². The first-order chi connectivity index (χ1) is 10.2. The first-order valence-electron chi connectivity index (χ1n) is 6.67. The summed E-state index contributed by atoms with van der Waals surface area (Å²) in [6, 6.07) is 14.8. The highest BCUT2D eigenvalue weighted by Gasteiger charge is 2.13. The fourth-order valence-corrected chi connectivity index (χ4v) is 2.13. The van der Waals surface area contributed by atoms with Crippen LogP contribution in [0.3, 0.4) is 0 Å². The zero-order chi connectivity index (χ0) is 15.2. The number of ether oxygens (including phenoxy) is 2. The molecule has 110 valence electrons. The number of carbonyl (C=O) groups excluding carboxylic acids is 1. The summed E-state index contributed by atoms with van der Waals surface area (Å²) in [7, 11) is 5.08. The minimum absolute atomic E-state index is 0.0299. The third-order valence-corrected chi connectivity index (χ3v) is 3.27. The molecular weight excluding hydrogens is 266 g/mol. The number of benzene rings is 2. The van der Waals surface area contributed by atoms with Gasteiger partial charge in [-0.15, -0.1) is 0 Å². The number of Topliss-reactive ketones (excluding diaryl/α,β-unsaturated/α-hetero) is 1. The van der Waals surface area contributed by atoms with Gasteiger partial charge < -0.3 is 14.4 Å². The summed E-state index contributed by atoms with van der Waals surface area (Å²) in [5.74, 6) is 1.46. The van der Waals surface area contributed by atoms with E-state index >= 15 is 0 Å². The number of hydrogen-bond acceptors (Lipinski definition) is 4. The second-order valence-corrected chi connectivity index (χ2v) is 4.68. The number of methoxy groups -OCH3 is 2. The van der Waals surface area contributed by atoms with Gasteiger partial charge in [-0.3, -0.25) is 4.79 Å². The van der Waals surface area contributed by atoms with Crippen molar-refractivity contribution in [3.63, 3.8) is 0 Å². The molecule has 0 aliphatic heterocycles. The standard InChI is InChI=1S/C17H19NO3/c1-18(15-9-4-5-10-17(15)21-3)12-16(19)13-7-6-8-14(11-13)20-2/h4-11H,12H2,1-3H3. The van der Waals surface area contributed by atoms with Crippen LogP contribution in [0.1, 0.15) is 10.4 Å². The second-order valence-electron chi connectivity index (χ2n) is 4.68. The number of para-hydroxylation sites is 2. The molecule has 0 amide bonds. The zero-order valence-electron chi connectivity index (χ0n) is 12.5. The second kappa shape index (κ2) is 6.79. The van der Waals surface area contributed by atoms with Gasteiger partial charge in [0.1, 0.15) is 11.5 Å². The molecule has 0 saturated heterocycles. The number of likely N-dealkylation sites (N-methyl/N-ethyl adjacent to an activating group) is 1. The van der Waals surface area contributed by atoms with E-state index in [1.165, 1.54) is 0 Å². The Morgan fingerprint density at radius 1 is 1.05 bits per heavy atom. The van der Waals surface area contributed by atoms with Crippen molar-refractivity contribution in [3.8, 4) is 11.5 Å². The highest BCUT2D eigenvalue weighted by Crippen LogP contribution is 2.26. The van der Waals surface area contributed by atoms with E-state index in [4.69, 9.17) is 9.47 Å². The molecule has 4 nitrogen and oxygen atoms in total. The van der Waals surface area contributed by atoms with Crippen molar-refractivity contribution in [1.82, 2.24) is 0 Å². The number of ketones is 1. The molecule has 0 aromatic heterocycles. The Morgan fingerprint density at radius 3 is 2.52 bits per heavy atom. The van der Waals surface area contributed by atoms with E-state index in [9.17, 15) is 4.79 Å². The van der Waals surface area contributed by atoms with Crippen molar-refractivity contribution in [3.05, 3.63) is 54.1 Å². The van der Waals surface area contributed by atoms with Gasteiger partial charge in [0.15, 0.2) is 5.78 Å². The maximum absolute atomic E-state index is 12.4. The Hall–Kier alpha value is -2.49. The fourth-order valence-electron chi connectivity index (χ4n) is 2.13. The minimum atomic E-state index is 0.0299. The number of rotatable bonds is 6. The Labute approximate surface area is 124 Å². The third-order valence-electron chi connectivity index (χ3n) is 3.27. The smallest absolute Gasteiger partial charge is 0.182 e. The summed E-state index contributed by atoms with van der Waals surface area (Å²) in [4.78, 5) is 14.2. The predicted octanol–water partition coefficient (Wildman–Crippen LogP) is 3.02. The normalized spacial score (nSPS) is 10.0. The van der Waals surface area contributed by atoms with Crippen LogP contribution in [0, 0.1) is 0 Å². The monoisotopic (exact) mass is 285 g/mol. The van der Waals surface area contributed by atoms with Gasteiger partial charge in [-0.2, -0.15) is 0 Å². The largest absolute Gasteiger partial charge is 0.497 e. The topological polar surface area (TPSA) is 38.8 Å². The maximum Gasteiger partial charge on any atom is 0.182 e. The van der Waals surface area contributed by atoms with Crippen LogP contribution >= 0.6 is 0 Å². The lowest BCUT2D eigenvalue weighted by atomic mass is 10.1. The molecule has 0 heterocycles. The van der Waals surface area contributed by atoms with Gasteiger partial charge in [0, 0.05) is 12.6 Å². The van der Waals surface area contributed by atoms with E-state index in [-0.39, 0.29) is 12.3 Å². The molecule has 0 N–H and O–H groups in total. The summed E-state index contributed by atoms with van der Waals surface area (Å²) in [6.45, 7) is 0.271. The molecule has 0 bridgehead atoms. The molecule has 0 aliphatic rings. The van der Waals surface area contributed by atoms with Crippen molar-refractivity contribution in [1.29, 1.82) is 0 Å². The molecule has 4 heteroatoms. The summed E-state index contributed by atoms with van der Waals surface area (Å²) in [6.07, 6.45) is 0. The summed E-state index contributed by atoms with van der Waals surface area (Å²) in [5, 5.41) is 0. The van der Waals surface area contributed by atoms with Crippen LogP contribution in [0.5, 0.6) is 11.5 Å². The Balaban J connectivity index is 2.15. The van der Waals surface area contributed by atoms with Crippen molar-refractivity contribution in [2.75, 3.05) is 32.7 Å². The Kier molecular flexibility index (Phi) is 4.82.